The maximum absolute atomic E-state index is 6.30. The molecule has 90 valence electrons. The maximum Gasteiger partial charge on any atom is 0.0300 e. The van der Waals surface area contributed by atoms with E-state index in [1.165, 1.54) is 35.0 Å². The van der Waals surface area contributed by atoms with Crippen LogP contribution in [0.1, 0.15) is 37.0 Å². The summed E-state index contributed by atoms with van der Waals surface area (Å²) in [6.07, 6.45) is 6.15. The van der Waals surface area contributed by atoms with Crippen LogP contribution in [-0.4, -0.2) is 12.1 Å². The van der Waals surface area contributed by atoms with Gasteiger partial charge in [-0.2, -0.15) is 0 Å². The molecule has 16 heavy (non-hydrogen) atoms. The van der Waals surface area contributed by atoms with Crippen molar-refractivity contribution in [2.75, 3.05) is 6.54 Å². The summed E-state index contributed by atoms with van der Waals surface area (Å²) in [5, 5.41) is 5.60. The van der Waals surface area contributed by atoms with Gasteiger partial charge >= 0.3 is 0 Å². The monoisotopic (exact) mass is 302 g/mol. The molecule has 1 aliphatic rings. The average molecular weight is 303 g/mol. The lowest BCUT2D eigenvalue weighted by molar-refractivity contribution is 0.394. The molecule has 1 aromatic rings. The van der Waals surface area contributed by atoms with Crippen LogP contribution in [0.15, 0.2) is 15.9 Å². The Kier molecular flexibility index (Phi) is 4.41. The summed E-state index contributed by atoms with van der Waals surface area (Å²) >= 11 is 5.26. The second kappa shape index (κ2) is 5.63. The summed E-state index contributed by atoms with van der Waals surface area (Å²) in [6.45, 7) is 2.00. The third-order valence-corrected chi connectivity index (χ3v) is 5.02. The first kappa shape index (κ1) is 12.6. The lowest BCUT2D eigenvalue weighted by Crippen LogP contribution is -2.39. The van der Waals surface area contributed by atoms with Crippen LogP contribution >= 0.6 is 27.3 Å². The third kappa shape index (κ3) is 3.55. The minimum atomic E-state index is 0.128. The van der Waals surface area contributed by atoms with Gasteiger partial charge in [-0.3, -0.25) is 0 Å². The Morgan fingerprint density at radius 1 is 1.44 bits per heavy atom. The molecule has 0 aromatic carbocycles. The zero-order chi connectivity index (χ0) is 11.4. The van der Waals surface area contributed by atoms with Gasteiger partial charge in [0.15, 0.2) is 0 Å². The van der Waals surface area contributed by atoms with E-state index in [-0.39, 0.29) is 5.54 Å². The summed E-state index contributed by atoms with van der Waals surface area (Å²) in [7, 11) is 0. The summed E-state index contributed by atoms with van der Waals surface area (Å²) < 4.78 is 1.18. The second-order valence-electron chi connectivity index (χ2n) is 4.73. The van der Waals surface area contributed by atoms with Gasteiger partial charge < -0.3 is 11.1 Å². The third-order valence-electron chi connectivity index (χ3n) is 3.32. The van der Waals surface area contributed by atoms with E-state index in [1.807, 2.05) is 0 Å². The van der Waals surface area contributed by atoms with E-state index < -0.39 is 0 Å². The van der Waals surface area contributed by atoms with Crippen LogP contribution in [0.5, 0.6) is 0 Å². The molecule has 0 radical (unpaired) electrons. The maximum atomic E-state index is 6.30. The lowest BCUT2D eigenvalue weighted by Gasteiger charge is -2.23. The molecule has 2 nitrogen and oxygen atoms in total. The molecule has 0 bridgehead atoms. The molecular weight excluding hydrogens is 284 g/mol. The summed E-state index contributed by atoms with van der Waals surface area (Å²) in [4.78, 5) is 1.38. The summed E-state index contributed by atoms with van der Waals surface area (Å²) in [5.41, 5.74) is 6.43. The van der Waals surface area contributed by atoms with Crippen molar-refractivity contribution in [2.24, 2.45) is 5.73 Å². The number of halogens is 1. The standard InChI is InChI=1S/C12H19BrN2S/c13-10-7-11(16-9-10)8-15-6-5-12(14)3-1-2-4-12/h7,9,15H,1-6,8,14H2. The van der Waals surface area contributed by atoms with Crippen LogP contribution in [0, 0.1) is 0 Å². The Balaban J connectivity index is 1.65. The highest BCUT2D eigenvalue weighted by Crippen LogP contribution is 2.29. The number of hydrogen-bond acceptors (Lipinski definition) is 3. The summed E-state index contributed by atoms with van der Waals surface area (Å²) in [6, 6.07) is 2.17. The predicted octanol–water partition coefficient (Wildman–Crippen LogP) is 3.26. The predicted molar refractivity (Wildman–Crippen MR) is 73.7 cm³/mol. The fourth-order valence-electron chi connectivity index (χ4n) is 2.32. The van der Waals surface area contributed by atoms with E-state index in [9.17, 15) is 0 Å². The van der Waals surface area contributed by atoms with E-state index in [4.69, 9.17) is 5.73 Å². The zero-order valence-corrected chi connectivity index (χ0v) is 11.9. The van der Waals surface area contributed by atoms with Crippen molar-refractivity contribution < 1.29 is 0 Å². The molecule has 2 rings (SSSR count). The van der Waals surface area contributed by atoms with Gasteiger partial charge in [0.25, 0.3) is 0 Å². The molecular formula is C12H19BrN2S. The van der Waals surface area contributed by atoms with Crippen molar-refractivity contribution in [2.45, 2.75) is 44.2 Å². The molecule has 1 heterocycles. The van der Waals surface area contributed by atoms with Crippen LogP contribution in [0.4, 0.5) is 0 Å². The van der Waals surface area contributed by atoms with Gasteiger partial charge in [0.05, 0.1) is 0 Å². The fraction of sp³-hybridized carbons (Fsp3) is 0.667. The van der Waals surface area contributed by atoms with Gasteiger partial charge in [0.1, 0.15) is 0 Å². The van der Waals surface area contributed by atoms with E-state index in [1.54, 1.807) is 11.3 Å². The second-order valence-corrected chi connectivity index (χ2v) is 6.64. The van der Waals surface area contributed by atoms with Gasteiger partial charge in [-0.1, -0.05) is 12.8 Å². The largest absolute Gasteiger partial charge is 0.325 e. The molecule has 0 atom stereocenters. The number of nitrogens with two attached hydrogens (primary N) is 1. The summed E-state index contributed by atoms with van der Waals surface area (Å²) in [5.74, 6) is 0. The minimum absolute atomic E-state index is 0.128. The molecule has 1 aliphatic carbocycles. The number of rotatable bonds is 5. The molecule has 0 saturated heterocycles. The highest BCUT2D eigenvalue weighted by atomic mass is 79.9. The SMILES string of the molecule is NC1(CCNCc2cc(Br)cs2)CCCC1. The van der Waals surface area contributed by atoms with E-state index in [0.29, 0.717) is 0 Å². The molecule has 3 N–H and O–H groups in total. The highest BCUT2D eigenvalue weighted by Gasteiger charge is 2.28. The molecule has 1 aromatic heterocycles. The van der Waals surface area contributed by atoms with E-state index >= 15 is 0 Å². The highest BCUT2D eigenvalue weighted by molar-refractivity contribution is 9.10. The number of hydrogen-bond donors (Lipinski definition) is 2. The Morgan fingerprint density at radius 3 is 2.81 bits per heavy atom. The number of thiophene rings is 1. The normalized spacial score (nSPS) is 19.1. The van der Waals surface area contributed by atoms with Gasteiger partial charge in [-0.15, -0.1) is 11.3 Å². The first-order valence-corrected chi connectivity index (χ1v) is 7.58. The Morgan fingerprint density at radius 2 is 2.19 bits per heavy atom. The minimum Gasteiger partial charge on any atom is -0.325 e. The van der Waals surface area contributed by atoms with E-state index in [2.05, 4.69) is 32.7 Å². The quantitative estimate of drug-likeness (QED) is 0.819. The van der Waals surface area contributed by atoms with Crippen LogP contribution in [0.25, 0.3) is 0 Å². The Labute approximate surface area is 110 Å². The van der Waals surface area contributed by atoms with Gasteiger partial charge in [-0.25, -0.2) is 0 Å². The van der Waals surface area contributed by atoms with Crippen molar-refractivity contribution in [3.8, 4) is 0 Å². The van der Waals surface area contributed by atoms with Crippen LogP contribution in [0.3, 0.4) is 0 Å². The number of nitrogens with one attached hydrogen (secondary N) is 1. The first-order valence-electron chi connectivity index (χ1n) is 5.90. The first-order chi connectivity index (χ1) is 7.68. The van der Waals surface area contributed by atoms with Crippen LogP contribution in [0.2, 0.25) is 0 Å². The van der Waals surface area contributed by atoms with Crippen molar-refractivity contribution in [3.63, 3.8) is 0 Å². The lowest BCUT2D eigenvalue weighted by atomic mass is 9.95. The Hall–Kier alpha value is 0.1000. The fourth-order valence-corrected chi connectivity index (χ4v) is 3.75. The van der Waals surface area contributed by atoms with Gasteiger partial charge in [0.2, 0.25) is 0 Å². The zero-order valence-electron chi connectivity index (χ0n) is 9.47. The molecule has 0 spiro atoms. The van der Waals surface area contributed by atoms with Crippen LogP contribution in [-0.2, 0) is 6.54 Å². The average Bonchev–Trinajstić information content (AvgIpc) is 2.84. The van der Waals surface area contributed by atoms with E-state index in [0.717, 1.165) is 19.5 Å². The molecule has 1 saturated carbocycles. The smallest absolute Gasteiger partial charge is 0.0300 e. The van der Waals surface area contributed by atoms with Gasteiger partial charge in [0, 0.05) is 26.8 Å². The van der Waals surface area contributed by atoms with Crippen molar-refractivity contribution in [1.82, 2.24) is 5.32 Å². The van der Waals surface area contributed by atoms with Crippen LogP contribution < -0.4 is 11.1 Å². The topological polar surface area (TPSA) is 38.0 Å². The van der Waals surface area contributed by atoms with Crippen molar-refractivity contribution in [3.05, 3.63) is 20.8 Å². The molecule has 1 fully saturated rings. The van der Waals surface area contributed by atoms with Crippen molar-refractivity contribution >= 4 is 27.3 Å². The van der Waals surface area contributed by atoms with Crippen molar-refractivity contribution in [1.29, 1.82) is 0 Å². The Bertz CT molecular complexity index is 332. The molecule has 0 amide bonds. The molecule has 0 unspecified atom stereocenters. The van der Waals surface area contributed by atoms with Gasteiger partial charge in [-0.05, 0) is 47.8 Å². The molecule has 4 heteroatoms. The molecule has 0 aliphatic heterocycles.